The Labute approximate surface area is 160 Å². The van der Waals surface area contributed by atoms with Crippen molar-refractivity contribution < 1.29 is 9.59 Å². The number of nitrogens with one attached hydrogen (secondary N) is 1. The van der Waals surface area contributed by atoms with Gasteiger partial charge in [0, 0.05) is 23.8 Å². The number of fused-ring (bicyclic) bond motifs is 1. The van der Waals surface area contributed by atoms with Crippen LogP contribution in [0.1, 0.15) is 36.8 Å². The van der Waals surface area contributed by atoms with Gasteiger partial charge in [-0.2, -0.15) is 0 Å². The van der Waals surface area contributed by atoms with Crippen LogP contribution >= 0.6 is 0 Å². The number of hydrogen-bond acceptors (Lipinski definition) is 2. The second-order valence-corrected chi connectivity index (χ2v) is 7.67. The first-order chi connectivity index (χ1) is 13.1. The van der Waals surface area contributed by atoms with Crippen molar-refractivity contribution in [2.75, 3.05) is 16.8 Å². The lowest BCUT2D eigenvalue weighted by Crippen LogP contribution is -2.43. The first kappa shape index (κ1) is 17.8. The van der Waals surface area contributed by atoms with E-state index in [-0.39, 0.29) is 23.7 Å². The lowest BCUT2D eigenvalue weighted by molar-refractivity contribution is -0.132. The van der Waals surface area contributed by atoms with Gasteiger partial charge in [-0.25, -0.2) is 0 Å². The summed E-state index contributed by atoms with van der Waals surface area (Å²) in [5.74, 6) is -0.382. The van der Waals surface area contributed by atoms with Crippen molar-refractivity contribution >= 4 is 23.2 Å². The summed E-state index contributed by atoms with van der Waals surface area (Å²) in [6.07, 6.45) is 4.49. The van der Waals surface area contributed by atoms with Crippen molar-refractivity contribution in [1.82, 2.24) is 0 Å². The molecule has 2 aliphatic rings. The van der Waals surface area contributed by atoms with Gasteiger partial charge >= 0.3 is 0 Å². The molecule has 0 bridgehead atoms. The van der Waals surface area contributed by atoms with Crippen molar-refractivity contribution in [2.45, 2.75) is 39.0 Å². The van der Waals surface area contributed by atoms with Gasteiger partial charge in [0.15, 0.2) is 0 Å². The smallest absolute Gasteiger partial charge is 0.230 e. The number of carbonyl (C=O) groups excluding carboxylic acids is 2. The number of aryl methyl sites for hydroxylation is 1. The molecule has 1 heterocycles. The molecule has 2 aromatic rings. The van der Waals surface area contributed by atoms with Crippen LogP contribution in [0, 0.1) is 18.8 Å². The number of para-hydroxylation sites is 2. The highest BCUT2D eigenvalue weighted by atomic mass is 16.2. The zero-order chi connectivity index (χ0) is 18.8. The third kappa shape index (κ3) is 3.48. The first-order valence-electron chi connectivity index (χ1n) is 9.91. The molecule has 2 atom stereocenters. The maximum Gasteiger partial charge on any atom is 0.230 e. The number of rotatable bonds is 3. The Hall–Kier alpha value is -2.62. The molecule has 4 rings (SSSR count). The van der Waals surface area contributed by atoms with Crippen molar-refractivity contribution in [3.05, 3.63) is 59.7 Å². The number of carbonyl (C=O) groups is 2. The summed E-state index contributed by atoms with van der Waals surface area (Å²) in [4.78, 5) is 28.3. The maximum absolute atomic E-state index is 13.3. The summed E-state index contributed by atoms with van der Waals surface area (Å²) >= 11 is 0. The number of benzene rings is 2. The van der Waals surface area contributed by atoms with E-state index in [2.05, 4.69) is 11.4 Å². The monoisotopic (exact) mass is 362 g/mol. The maximum atomic E-state index is 13.3. The van der Waals surface area contributed by atoms with Gasteiger partial charge in [0.2, 0.25) is 11.8 Å². The second-order valence-electron chi connectivity index (χ2n) is 7.67. The Morgan fingerprint density at radius 1 is 0.963 bits per heavy atom. The van der Waals surface area contributed by atoms with Gasteiger partial charge in [-0.3, -0.25) is 9.59 Å². The highest BCUT2D eigenvalue weighted by Gasteiger charge is 2.39. The first-order valence-corrected chi connectivity index (χ1v) is 9.91. The Kier molecular flexibility index (Phi) is 4.97. The van der Waals surface area contributed by atoms with E-state index in [4.69, 9.17) is 0 Å². The van der Waals surface area contributed by atoms with Gasteiger partial charge < -0.3 is 10.2 Å². The van der Waals surface area contributed by atoms with E-state index in [9.17, 15) is 9.59 Å². The second kappa shape index (κ2) is 7.55. The molecule has 1 aliphatic heterocycles. The van der Waals surface area contributed by atoms with Gasteiger partial charge in [-0.15, -0.1) is 0 Å². The van der Waals surface area contributed by atoms with E-state index in [1.807, 2.05) is 54.3 Å². The fourth-order valence-corrected chi connectivity index (χ4v) is 4.45. The molecule has 0 saturated heterocycles. The van der Waals surface area contributed by atoms with Crippen LogP contribution in [0.25, 0.3) is 0 Å². The van der Waals surface area contributed by atoms with Gasteiger partial charge in [-0.05, 0) is 49.4 Å². The van der Waals surface area contributed by atoms with Crippen LogP contribution in [0.5, 0.6) is 0 Å². The van der Waals surface area contributed by atoms with Gasteiger partial charge in [0.05, 0.1) is 5.92 Å². The predicted molar refractivity (Wildman–Crippen MR) is 108 cm³/mol. The Morgan fingerprint density at radius 2 is 1.67 bits per heavy atom. The van der Waals surface area contributed by atoms with Crippen LogP contribution in [0.4, 0.5) is 11.4 Å². The molecule has 140 valence electrons. The fraction of sp³-hybridized carbons (Fsp3) is 0.391. The van der Waals surface area contributed by atoms with Crippen molar-refractivity contribution in [1.29, 1.82) is 0 Å². The molecule has 27 heavy (non-hydrogen) atoms. The summed E-state index contributed by atoms with van der Waals surface area (Å²) in [7, 11) is 0. The number of hydrogen-bond donors (Lipinski definition) is 1. The minimum absolute atomic E-state index is 0.0187. The van der Waals surface area contributed by atoms with Crippen LogP contribution in [-0.4, -0.2) is 18.4 Å². The third-order valence-corrected chi connectivity index (χ3v) is 5.98. The highest BCUT2D eigenvalue weighted by Crippen LogP contribution is 2.36. The third-order valence-electron chi connectivity index (χ3n) is 5.98. The number of amides is 2. The topological polar surface area (TPSA) is 49.4 Å². The van der Waals surface area contributed by atoms with Gasteiger partial charge in [0.1, 0.15) is 0 Å². The minimum atomic E-state index is -0.251. The molecule has 0 radical (unpaired) electrons. The van der Waals surface area contributed by atoms with Crippen molar-refractivity contribution in [3.63, 3.8) is 0 Å². The summed E-state index contributed by atoms with van der Waals surface area (Å²) in [5.41, 5.74) is 4.12. The molecule has 1 fully saturated rings. The van der Waals surface area contributed by atoms with E-state index in [1.54, 1.807) is 0 Å². The lowest BCUT2D eigenvalue weighted by atomic mass is 9.77. The average Bonchev–Trinajstić information content (AvgIpc) is 3.13. The van der Waals surface area contributed by atoms with E-state index in [1.165, 1.54) is 5.56 Å². The standard InChI is InChI=1S/C23H26N2O2/c1-16-8-2-6-12-20(16)24-22(26)18-10-4-5-11-19(18)23(27)25-15-14-17-9-3-7-13-21(17)25/h2-3,6-9,12-13,18-19H,4-5,10-11,14-15H2,1H3,(H,24,26). The largest absolute Gasteiger partial charge is 0.326 e. The normalized spacial score (nSPS) is 21.6. The molecule has 4 heteroatoms. The summed E-state index contributed by atoms with van der Waals surface area (Å²) < 4.78 is 0. The highest BCUT2D eigenvalue weighted by molar-refractivity contribution is 6.02. The van der Waals surface area contributed by atoms with Gasteiger partial charge in [-0.1, -0.05) is 49.2 Å². The van der Waals surface area contributed by atoms with Crippen LogP contribution in [0.3, 0.4) is 0 Å². The van der Waals surface area contributed by atoms with E-state index in [0.717, 1.165) is 55.6 Å². The molecule has 4 nitrogen and oxygen atoms in total. The zero-order valence-corrected chi connectivity index (χ0v) is 15.8. The SMILES string of the molecule is Cc1ccccc1NC(=O)C1CCCCC1C(=O)N1CCc2ccccc21. The molecule has 1 saturated carbocycles. The van der Waals surface area contributed by atoms with Crippen LogP contribution < -0.4 is 10.2 Å². The number of nitrogens with zero attached hydrogens (tertiary/aromatic N) is 1. The molecule has 2 amide bonds. The van der Waals surface area contributed by atoms with E-state index >= 15 is 0 Å². The molecule has 2 aromatic carbocycles. The fourth-order valence-electron chi connectivity index (χ4n) is 4.45. The van der Waals surface area contributed by atoms with Gasteiger partial charge in [0.25, 0.3) is 0 Å². The Bertz CT molecular complexity index is 861. The van der Waals surface area contributed by atoms with Crippen molar-refractivity contribution in [3.8, 4) is 0 Å². The van der Waals surface area contributed by atoms with Crippen LogP contribution in [0.2, 0.25) is 0 Å². The number of anilines is 2. The van der Waals surface area contributed by atoms with E-state index < -0.39 is 0 Å². The molecule has 0 aromatic heterocycles. The van der Waals surface area contributed by atoms with Crippen LogP contribution in [-0.2, 0) is 16.0 Å². The molecule has 1 N–H and O–H groups in total. The molecule has 2 unspecified atom stereocenters. The minimum Gasteiger partial charge on any atom is -0.326 e. The summed E-state index contributed by atoms with van der Waals surface area (Å²) in [6, 6.07) is 15.9. The predicted octanol–water partition coefficient (Wildman–Crippen LogP) is 4.33. The summed E-state index contributed by atoms with van der Waals surface area (Å²) in [6.45, 7) is 2.71. The van der Waals surface area contributed by atoms with Crippen molar-refractivity contribution in [2.24, 2.45) is 11.8 Å². The Balaban J connectivity index is 1.53. The summed E-state index contributed by atoms with van der Waals surface area (Å²) in [5, 5.41) is 3.06. The molecular weight excluding hydrogens is 336 g/mol. The molecule has 0 spiro atoms. The molecular formula is C23H26N2O2. The Morgan fingerprint density at radius 3 is 2.48 bits per heavy atom. The quantitative estimate of drug-likeness (QED) is 0.883. The molecule has 1 aliphatic carbocycles. The average molecular weight is 362 g/mol. The van der Waals surface area contributed by atoms with Crippen LogP contribution in [0.15, 0.2) is 48.5 Å². The lowest BCUT2D eigenvalue weighted by Gasteiger charge is -2.32. The zero-order valence-electron chi connectivity index (χ0n) is 15.8. The van der Waals surface area contributed by atoms with E-state index in [0.29, 0.717) is 0 Å².